The highest BCUT2D eigenvalue weighted by Crippen LogP contribution is 2.27. The lowest BCUT2D eigenvalue weighted by Gasteiger charge is -2.29. The Morgan fingerprint density at radius 2 is 1.85 bits per heavy atom. The van der Waals surface area contributed by atoms with E-state index in [0.717, 1.165) is 48.3 Å². The number of thiophene rings is 1. The summed E-state index contributed by atoms with van der Waals surface area (Å²) in [5.41, 5.74) is 3.34. The number of nitrogens with one attached hydrogen (secondary N) is 3. The number of para-hydroxylation sites is 1. The SMILES string of the molecule is Cc1cccc(C(C)C)c1NC(=O)C[NH+]1CC[NH+](Cc2ccc(Cl)s2)CC1. The highest BCUT2D eigenvalue weighted by Gasteiger charge is 2.25. The molecule has 0 unspecified atom stereocenters. The molecule has 1 saturated heterocycles. The van der Waals surface area contributed by atoms with Crippen LogP contribution in [0.4, 0.5) is 5.69 Å². The van der Waals surface area contributed by atoms with Crippen LogP contribution in [0.1, 0.15) is 35.8 Å². The molecule has 1 amide bonds. The number of rotatable bonds is 6. The summed E-state index contributed by atoms with van der Waals surface area (Å²) in [7, 11) is 0. The van der Waals surface area contributed by atoms with Gasteiger partial charge in [-0.25, -0.2) is 0 Å². The zero-order chi connectivity index (χ0) is 19.4. The van der Waals surface area contributed by atoms with E-state index in [0.29, 0.717) is 12.5 Å². The first-order valence-corrected chi connectivity index (χ1v) is 10.9. The lowest BCUT2D eigenvalue weighted by Crippen LogP contribution is -3.28. The predicted octanol–water partition coefficient (Wildman–Crippen LogP) is 1.76. The fourth-order valence-corrected chi connectivity index (χ4v) is 4.92. The first-order chi connectivity index (χ1) is 12.9. The van der Waals surface area contributed by atoms with Gasteiger partial charge in [-0.1, -0.05) is 43.6 Å². The largest absolute Gasteiger partial charge is 0.321 e. The maximum atomic E-state index is 12.6. The minimum Gasteiger partial charge on any atom is -0.321 e. The first-order valence-electron chi connectivity index (χ1n) is 9.73. The van der Waals surface area contributed by atoms with Gasteiger partial charge in [0, 0.05) is 5.69 Å². The third-order valence-electron chi connectivity index (χ3n) is 5.32. The summed E-state index contributed by atoms with van der Waals surface area (Å²) in [6, 6.07) is 10.3. The quantitative estimate of drug-likeness (QED) is 0.670. The number of anilines is 1. The Hall–Kier alpha value is -1.40. The predicted molar refractivity (Wildman–Crippen MR) is 113 cm³/mol. The molecule has 3 N–H and O–H groups in total. The molecule has 146 valence electrons. The summed E-state index contributed by atoms with van der Waals surface area (Å²) in [6.07, 6.45) is 0. The standard InChI is InChI=1S/C21H28ClN3OS/c1-15(2)18-6-4-5-16(3)21(18)23-20(26)14-25-11-9-24(10-12-25)13-17-7-8-19(22)27-17/h4-8,15H,9-14H2,1-3H3,(H,23,26)/p+2. The van der Waals surface area contributed by atoms with Crippen molar-refractivity contribution in [1.29, 1.82) is 0 Å². The van der Waals surface area contributed by atoms with Crippen LogP contribution in [0.15, 0.2) is 30.3 Å². The maximum absolute atomic E-state index is 12.6. The molecule has 27 heavy (non-hydrogen) atoms. The third-order valence-corrected chi connectivity index (χ3v) is 6.55. The smallest absolute Gasteiger partial charge is 0.279 e. The molecule has 0 bridgehead atoms. The van der Waals surface area contributed by atoms with Crippen LogP contribution in [0.25, 0.3) is 0 Å². The van der Waals surface area contributed by atoms with Crippen molar-refractivity contribution in [2.45, 2.75) is 33.2 Å². The fourth-order valence-electron chi connectivity index (χ4n) is 3.76. The van der Waals surface area contributed by atoms with Gasteiger partial charge < -0.3 is 15.1 Å². The number of hydrogen-bond acceptors (Lipinski definition) is 2. The number of carbonyl (C=O) groups is 1. The van der Waals surface area contributed by atoms with Gasteiger partial charge in [-0.05, 0) is 36.1 Å². The van der Waals surface area contributed by atoms with E-state index in [9.17, 15) is 4.79 Å². The minimum absolute atomic E-state index is 0.120. The van der Waals surface area contributed by atoms with E-state index in [-0.39, 0.29) is 5.91 Å². The molecule has 6 heteroatoms. The van der Waals surface area contributed by atoms with Crippen molar-refractivity contribution >= 4 is 34.5 Å². The van der Waals surface area contributed by atoms with Gasteiger partial charge in [-0.3, -0.25) is 4.79 Å². The Balaban J connectivity index is 1.50. The minimum atomic E-state index is 0.120. The molecular formula is C21H30ClN3OS+2. The Labute approximate surface area is 171 Å². The maximum Gasteiger partial charge on any atom is 0.279 e. The van der Waals surface area contributed by atoms with Crippen molar-refractivity contribution in [2.75, 3.05) is 38.0 Å². The van der Waals surface area contributed by atoms with Crippen LogP contribution >= 0.6 is 22.9 Å². The molecule has 0 atom stereocenters. The topological polar surface area (TPSA) is 38.0 Å². The molecule has 2 heterocycles. The number of aryl methyl sites for hydroxylation is 1. The van der Waals surface area contributed by atoms with Gasteiger partial charge in [-0.2, -0.15) is 0 Å². The van der Waals surface area contributed by atoms with Crippen LogP contribution in [-0.2, 0) is 11.3 Å². The van der Waals surface area contributed by atoms with Crippen LogP contribution in [0.3, 0.4) is 0 Å². The molecule has 0 aliphatic carbocycles. The van der Waals surface area contributed by atoms with Crippen molar-refractivity contribution < 1.29 is 14.6 Å². The Bertz CT molecular complexity index is 781. The number of benzene rings is 1. The molecule has 0 spiro atoms. The summed E-state index contributed by atoms with van der Waals surface area (Å²) in [4.78, 5) is 16.9. The highest BCUT2D eigenvalue weighted by atomic mass is 35.5. The third kappa shape index (κ3) is 5.55. The highest BCUT2D eigenvalue weighted by molar-refractivity contribution is 7.16. The van der Waals surface area contributed by atoms with Crippen LogP contribution < -0.4 is 15.1 Å². The van der Waals surface area contributed by atoms with Gasteiger partial charge in [0.1, 0.15) is 32.7 Å². The van der Waals surface area contributed by atoms with Gasteiger partial charge in [0.15, 0.2) is 6.54 Å². The second kappa shape index (κ2) is 9.20. The normalized spacial score (nSPS) is 20.0. The van der Waals surface area contributed by atoms with E-state index >= 15 is 0 Å². The van der Waals surface area contributed by atoms with Crippen LogP contribution in [0.5, 0.6) is 0 Å². The molecular weight excluding hydrogens is 378 g/mol. The van der Waals surface area contributed by atoms with Gasteiger partial charge in [0.25, 0.3) is 5.91 Å². The van der Waals surface area contributed by atoms with E-state index in [1.807, 2.05) is 6.07 Å². The summed E-state index contributed by atoms with van der Waals surface area (Å²) in [5, 5.41) is 3.18. The summed E-state index contributed by atoms with van der Waals surface area (Å²) in [6.45, 7) is 12.2. The van der Waals surface area contributed by atoms with Gasteiger partial charge >= 0.3 is 0 Å². The van der Waals surface area contributed by atoms with Crippen LogP contribution in [0, 0.1) is 6.92 Å². The molecule has 1 aliphatic heterocycles. The molecule has 1 aromatic heterocycles. The van der Waals surface area contributed by atoms with E-state index in [1.165, 1.54) is 15.3 Å². The average Bonchev–Trinajstić information content (AvgIpc) is 3.03. The molecule has 4 nitrogen and oxygen atoms in total. The fraction of sp³-hybridized carbons (Fsp3) is 0.476. The Kier molecular flexibility index (Phi) is 6.93. The van der Waals surface area contributed by atoms with E-state index in [4.69, 9.17) is 11.6 Å². The van der Waals surface area contributed by atoms with Crippen molar-refractivity contribution in [3.8, 4) is 0 Å². The zero-order valence-corrected chi connectivity index (χ0v) is 18.0. The number of hydrogen-bond donors (Lipinski definition) is 3. The Morgan fingerprint density at radius 3 is 2.48 bits per heavy atom. The van der Waals surface area contributed by atoms with Gasteiger partial charge in [0.2, 0.25) is 0 Å². The molecule has 0 saturated carbocycles. The van der Waals surface area contributed by atoms with Crippen molar-refractivity contribution in [3.63, 3.8) is 0 Å². The zero-order valence-electron chi connectivity index (χ0n) is 16.4. The summed E-state index contributed by atoms with van der Waals surface area (Å²) in [5.74, 6) is 0.514. The summed E-state index contributed by atoms with van der Waals surface area (Å²) < 4.78 is 0.863. The van der Waals surface area contributed by atoms with Gasteiger partial charge in [-0.15, -0.1) is 11.3 Å². The number of halogens is 1. The molecule has 2 aromatic rings. The van der Waals surface area contributed by atoms with E-state index in [1.54, 1.807) is 16.2 Å². The second-order valence-electron chi connectivity index (χ2n) is 7.80. The van der Waals surface area contributed by atoms with Gasteiger partial charge in [0.05, 0.1) is 9.21 Å². The second-order valence-corrected chi connectivity index (χ2v) is 9.60. The molecule has 0 radical (unpaired) electrons. The van der Waals surface area contributed by atoms with Crippen molar-refractivity contribution in [3.05, 3.63) is 50.7 Å². The summed E-state index contributed by atoms with van der Waals surface area (Å²) >= 11 is 7.70. The molecule has 1 aromatic carbocycles. The molecule has 3 rings (SSSR count). The lowest BCUT2D eigenvalue weighted by molar-refractivity contribution is -1.01. The monoisotopic (exact) mass is 407 g/mol. The van der Waals surface area contributed by atoms with E-state index in [2.05, 4.69) is 50.4 Å². The Morgan fingerprint density at radius 1 is 1.15 bits per heavy atom. The van der Waals surface area contributed by atoms with Crippen molar-refractivity contribution in [2.24, 2.45) is 0 Å². The molecule has 1 aliphatic rings. The number of piperazine rings is 1. The van der Waals surface area contributed by atoms with E-state index < -0.39 is 0 Å². The first kappa shape index (κ1) is 20.3. The number of amides is 1. The average molecular weight is 408 g/mol. The lowest BCUT2D eigenvalue weighted by atomic mass is 9.98. The van der Waals surface area contributed by atoms with Crippen LogP contribution in [-0.4, -0.2) is 38.6 Å². The molecule has 1 fully saturated rings. The number of carbonyl (C=O) groups excluding carboxylic acids is 1. The van der Waals surface area contributed by atoms with Crippen molar-refractivity contribution in [1.82, 2.24) is 0 Å². The number of quaternary nitrogens is 2. The van der Waals surface area contributed by atoms with Crippen LogP contribution in [0.2, 0.25) is 4.34 Å².